The predicted molar refractivity (Wildman–Crippen MR) is 76.2 cm³/mol. The normalized spacial score (nSPS) is 13.2. The predicted octanol–water partition coefficient (Wildman–Crippen LogP) is 3.23. The van der Waals surface area contributed by atoms with Crippen molar-refractivity contribution in [3.05, 3.63) is 59.7 Å². The first-order valence-corrected chi connectivity index (χ1v) is 6.41. The Labute approximate surface area is 117 Å². The van der Waals surface area contributed by atoms with Crippen molar-refractivity contribution in [1.29, 1.82) is 0 Å². The van der Waals surface area contributed by atoms with Crippen LogP contribution in [0.15, 0.2) is 54.1 Å². The molecule has 0 atom stereocenters. The lowest BCUT2D eigenvalue weighted by atomic mass is 10.1. The van der Waals surface area contributed by atoms with Gasteiger partial charge in [-0.25, -0.2) is 5.48 Å². The van der Waals surface area contributed by atoms with Crippen LogP contribution in [0.25, 0.3) is 6.08 Å². The molecule has 0 bridgehead atoms. The molecule has 0 amide bonds. The van der Waals surface area contributed by atoms with Crippen molar-refractivity contribution in [2.24, 2.45) is 0 Å². The van der Waals surface area contributed by atoms with Crippen molar-refractivity contribution in [3.8, 4) is 17.2 Å². The molecule has 1 aliphatic rings. The smallest absolute Gasteiger partial charge is 0.128 e. The highest BCUT2D eigenvalue weighted by Crippen LogP contribution is 2.31. The minimum atomic E-state index is 0.392. The molecule has 0 fully saturated rings. The van der Waals surface area contributed by atoms with Crippen molar-refractivity contribution in [2.75, 3.05) is 13.2 Å². The Bertz CT molecular complexity index is 623. The Hall–Kier alpha value is -2.30. The highest BCUT2D eigenvalue weighted by atomic mass is 16.5. The fourth-order valence-electron chi connectivity index (χ4n) is 2.09. The molecule has 102 valence electrons. The summed E-state index contributed by atoms with van der Waals surface area (Å²) in [5, 5.41) is 8.74. The third-order valence-corrected chi connectivity index (χ3v) is 3.04. The van der Waals surface area contributed by atoms with Gasteiger partial charge in [-0.2, -0.15) is 0 Å². The fourth-order valence-corrected chi connectivity index (χ4v) is 2.09. The first-order valence-electron chi connectivity index (χ1n) is 6.41. The minimum Gasteiger partial charge on any atom is -0.489 e. The van der Waals surface area contributed by atoms with Gasteiger partial charge in [0.15, 0.2) is 0 Å². The summed E-state index contributed by atoms with van der Waals surface area (Å²) in [6.45, 7) is 0.878. The fraction of sp³-hybridized carbons (Fsp3) is 0.125. The van der Waals surface area contributed by atoms with Crippen molar-refractivity contribution in [3.63, 3.8) is 0 Å². The molecule has 0 unspecified atom stereocenters. The summed E-state index contributed by atoms with van der Waals surface area (Å²) in [4.78, 5) is 0. The Kier molecular flexibility index (Phi) is 3.67. The summed E-state index contributed by atoms with van der Waals surface area (Å²) in [5.41, 5.74) is 4.08. The molecular weight excluding hydrogens is 254 g/mol. The van der Waals surface area contributed by atoms with Crippen LogP contribution in [-0.2, 0) is 0 Å². The molecule has 1 heterocycles. The molecular formula is C16H15NO3. The number of rotatable bonds is 4. The second-order valence-electron chi connectivity index (χ2n) is 4.54. The molecule has 0 spiro atoms. The van der Waals surface area contributed by atoms with E-state index < -0.39 is 0 Å². The number of para-hydroxylation sites is 1. The maximum absolute atomic E-state index is 8.74. The van der Waals surface area contributed by atoms with E-state index in [0.29, 0.717) is 13.2 Å². The summed E-state index contributed by atoms with van der Waals surface area (Å²) in [6.07, 6.45) is 2.00. The third-order valence-electron chi connectivity index (χ3n) is 3.04. The molecule has 2 aromatic carbocycles. The summed E-state index contributed by atoms with van der Waals surface area (Å²) >= 11 is 0. The number of fused-ring (bicyclic) bond motifs is 1. The van der Waals surface area contributed by atoms with E-state index in [0.717, 1.165) is 28.4 Å². The monoisotopic (exact) mass is 269 g/mol. The molecule has 3 rings (SSSR count). The van der Waals surface area contributed by atoms with Crippen LogP contribution in [0.5, 0.6) is 17.2 Å². The summed E-state index contributed by atoms with van der Waals surface area (Å²) in [7, 11) is 0. The van der Waals surface area contributed by atoms with Crippen LogP contribution in [0.1, 0.15) is 5.56 Å². The van der Waals surface area contributed by atoms with Crippen LogP contribution >= 0.6 is 0 Å². The first kappa shape index (κ1) is 12.7. The van der Waals surface area contributed by atoms with Gasteiger partial charge < -0.3 is 14.7 Å². The SMILES string of the molecule is ONCC1=Cc2cc(Oc3ccccc3)ccc2OC1. The maximum atomic E-state index is 8.74. The zero-order chi connectivity index (χ0) is 13.8. The molecule has 0 saturated heterocycles. The number of nitrogens with one attached hydrogen (secondary N) is 1. The summed E-state index contributed by atoms with van der Waals surface area (Å²) in [6, 6.07) is 15.3. The van der Waals surface area contributed by atoms with Gasteiger partial charge in [0.1, 0.15) is 23.9 Å². The van der Waals surface area contributed by atoms with Gasteiger partial charge >= 0.3 is 0 Å². The van der Waals surface area contributed by atoms with E-state index in [1.54, 1.807) is 0 Å². The highest BCUT2D eigenvalue weighted by Gasteiger charge is 2.12. The van der Waals surface area contributed by atoms with Gasteiger partial charge in [0.25, 0.3) is 0 Å². The van der Waals surface area contributed by atoms with Crippen LogP contribution in [0.2, 0.25) is 0 Å². The Morgan fingerprint density at radius 2 is 1.95 bits per heavy atom. The standard InChI is InChI=1S/C16H15NO3/c18-17-10-12-8-13-9-15(6-7-16(13)19-11-12)20-14-4-2-1-3-5-14/h1-9,17-18H,10-11H2. The van der Waals surface area contributed by atoms with Crippen LogP contribution in [-0.4, -0.2) is 18.4 Å². The molecule has 2 aromatic rings. The second-order valence-corrected chi connectivity index (χ2v) is 4.54. The number of hydrogen-bond acceptors (Lipinski definition) is 4. The largest absolute Gasteiger partial charge is 0.489 e. The molecule has 2 N–H and O–H groups in total. The molecule has 4 nitrogen and oxygen atoms in total. The molecule has 0 saturated carbocycles. The number of benzene rings is 2. The topological polar surface area (TPSA) is 50.7 Å². The lowest BCUT2D eigenvalue weighted by molar-refractivity contribution is 0.173. The van der Waals surface area contributed by atoms with Crippen molar-refractivity contribution in [2.45, 2.75) is 0 Å². The van der Waals surface area contributed by atoms with Gasteiger partial charge in [-0.05, 0) is 42.0 Å². The Balaban J connectivity index is 1.84. The Morgan fingerprint density at radius 1 is 1.10 bits per heavy atom. The quantitative estimate of drug-likeness (QED) is 0.837. The van der Waals surface area contributed by atoms with Gasteiger partial charge in [0.05, 0.1) is 0 Å². The van der Waals surface area contributed by atoms with E-state index in [2.05, 4.69) is 5.48 Å². The van der Waals surface area contributed by atoms with Gasteiger partial charge in [-0.15, -0.1) is 0 Å². The van der Waals surface area contributed by atoms with Crippen molar-refractivity contribution in [1.82, 2.24) is 5.48 Å². The number of hydrogen-bond donors (Lipinski definition) is 2. The minimum absolute atomic E-state index is 0.392. The van der Waals surface area contributed by atoms with E-state index in [1.165, 1.54) is 0 Å². The van der Waals surface area contributed by atoms with Gasteiger partial charge in [0.2, 0.25) is 0 Å². The molecule has 1 aliphatic heterocycles. The van der Waals surface area contributed by atoms with Crippen molar-refractivity contribution < 1.29 is 14.7 Å². The Morgan fingerprint density at radius 3 is 2.75 bits per heavy atom. The van der Waals surface area contributed by atoms with Gasteiger partial charge in [-0.3, -0.25) is 0 Å². The van der Waals surface area contributed by atoms with Crippen LogP contribution in [0.4, 0.5) is 0 Å². The first-order chi connectivity index (χ1) is 9.85. The van der Waals surface area contributed by atoms with E-state index in [4.69, 9.17) is 14.7 Å². The maximum Gasteiger partial charge on any atom is 0.128 e. The van der Waals surface area contributed by atoms with Crippen LogP contribution < -0.4 is 15.0 Å². The molecule has 4 heteroatoms. The average Bonchev–Trinajstić information content (AvgIpc) is 2.48. The van der Waals surface area contributed by atoms with Crippen molar-refractivity contribution >= 4 is 6.08 Å². The van der Waals surface area contributed by atoms with E-state index >= 15 is 0 Å². The lowest BCUT2D eigenvalue weighted by Crippen LogP contribution is -2.18. The number of hydroxylamine groups is 1. The van der Waals surface area contributed by atoms with E-state index in [-0.39, 0.29) is 0 Å². The van der Waals surface area contributed by atoms with Gasteiger partial charge in [0, 0.05) is 12.1 Å². The molecule has 0 radical (unpaired) electrons. The van der Waals surface area contributed by atoms with E-state index in [1.807, 2.05) is 54.6 Å². The van der Waals surface area contributed by atoms with Crippen LogP contribution in [0.3, 0.4) is 0 Å². The third kappa shape index (κ3) is 2.82. The number of ether oxygens (including phenoxy) is 2. The average molecular weight is 269 g/mol. The zero-order valence-corrected chi connectivity index (χ0v) is 10.9. The summed E-state index contributed by atoms with van der Waals surface area (Å²) < 4.78 is 11.4. The molecule has 0 aliphatic carbocycles. The summed E-state index contributed by atoms with van der Waals surface area (Å²) in [5.74, 6) is 2.38. The second kappa shape index (κ2) is 5.77. The molecule has 20 heavy (non-hydrogen) atoms. The van der Waals surface area contributed by atoms with Crippen LogP contribution in [0, 0.1) is 0 Å². The van der Waals surface area contributed by atoms with Gasteiger partial charge in [-0.1, -0.05) is 18.2 Å². The lowest BCUT2D eigenvalue weighted by Gasteiger charge is -2.18. The highest BCUT2D eigenvalue weighted by molar-refractivity contribution is 5.64. The molecule has 0 aromatic heterocycles. The van der Waals surface area contributed by atoms with E-state index in [9.17, 15) is 0 Å². The zero-order valence-electron chi connectivity index (χ0n) is 10.9.